The van der Waals surface area contributed by atoms with E-state index in [9.17, 15) is 4.79 Å². The second-order valence-corrected chi connectivity index (χ2v) is 6.41. The van der Waals surface area contributed by atoms with Gasteiger partial charge in [0.05, 0.1) is 0 Å². The van der Waals surface area contributed by atoms with Crippen molar-refractivity contribution in [2.75, 3.05) is 10.6 Å². The largest absolute Gasteiger partial charge is 0.365 e. The molecule has 2 aromatic rings. The summed E-state index contributed by atoms with van der Waals surface area (Å²) < 4.78 is 0. The van der Waals surface area contributed by atoms with Crippen LogP contribution in [-0.2, 0) is 0 Å². The van der Waals surface area contributed by atoms with Gasteiger partial charge in [0.1, 0.15) is 11.4 Å². The fraction of sp³-hybridized carbons (Fsp3) is 0.353. The number of primary amides is 1. The number of hydrogen-bond donors (Lipinski definition) is 4. The minimum absolute atomic E-state index is 0.0451. The molecule has 3 rings (SSSR count). The van der Waals surface area contributed by atoms with E-state index in [0.29, 0.717) is 11.8 Å². The molecule has 6 N–H and O–H groups in total. The molecule has 0 radical (unpaired) electrons. The van der Waals surface area contributed by atoms with Gasteiger partial charge < -0.3 is 22.1 Å². The highest BCUT2D eigenvalue weighted by molar-refractivity contribution is 5.98. The van der Waals surface area contributed by atoms with Gasteiger partial charge in [-0.1, -0.05) is 12.1 Å². The Morgan fingerprint density at radius 3 is 2.75 bits per heavy atom. The Morgan fingerprint density at radius 2 is 2.12 bits per heavy atom. The Kier molecular flexibility index (Phi) is 4.11. The van der Waals surface area contributed by atoms with Crippen molar-refractivity contribution >= 4 is 23.4 Å². The van der Waals surface area contributed by atoms with Crippen LogP contribution in [0.15, 0.2) is 30.5 Å². The van der Waals surface area contributed by atoms with Crippen LogP contribution in [0.5, 0.6) is 0 Å². The van der Waals surface area contributed by atoms with Gasteiger partial charge in [-0.2, -0.15) is 4.98 Å². The first-order chi connectivity index (χ1) is 11.4. The van der Waals surface area contributed by atoms with Crippen LogP contribution < -0.4 is 22.1 Å². The lowest BCUT2D eigenvalue weighted by molar-refractivity contribution is 0.100. The third-order valence-corrected chi connectivity index (χ3v) is 4.37. The molecule has 1 aromatic carbocycles. The van der Waals surface area contributed by atoms with Gasteiger partial charge in [-0.25, -0.2) is 4.98 Å². The Balaban J connectivity index is 1.87. The molecule has 0 bridgehead atoms. The molecule has 0 saturated heterocycles. The molecule has 7 heteroatoms. The van der Waals surface area contributed by atoms with E-state index in [1.807, 2.05) is 38.1 Å². The first-order valence-corrected chi connectivity index (χ1v) is 7.93. The predicted octanol–water partition coefficient (Wildman–Crippen LogP) is 1.92. The molecule has 1 aliphatic rings. The van der Waals surface area contributed by atoms with Gasteiger partial charge in [0, 0.05) is 23.5 Å². The van der Waals surface area contributed by atoms with Crippen LogP contribution in [0.4, 0.5) is 17.5 Å². The molecule has 1 heterocycles. The van der Waals surface area contributed by atoms with Crippen molar-refractivity contribution in [2.45, 2.75) is 38.3 Å². The van der Waals surface area contributed by atoms with Crippen molar-refractivity contribution in [3.8, 4) is 0 Å². The number of amides is 1. The number of aromatic nitrogens is 2. The molecule has 1 amide bonds. The van der Waals surface area contributed by atoms with Crippen LogP contribution in [0.25, 0.3) is 0 Å². The summed E-state index contributed by atoms with van der Waals surface area (Å²) in [6, 6.07) is 7.82. The number of nitrogens with zero attached hydrogens (tertiary/aromatic N) is 2. The average molecular weight is 326 g/mol. The molecule has 24 heavy (non-hydrogen) atoms. The monoisotopic (exact) mass is 326 g/mol. The molecule has 7 nitrogen and oxygen atoms in total. The maximum atomic E-state index is 11.6. The fourth-order valence-corrected chi connectivity index (χ4v) is 2.50. The first-order valence-electron chi connectivity index (χ1n) is 7.93. The van der Waals surface area contributed by atoms with E-state index in [2.05, 4.69) is 20.6 Å². The number of rotatable bonds is 6. The maximum Gasteiger partial charge on any atom is 0.254 e. The summed E-state index contributed by atoms with van der Waals surface area (Å²) in [6.45, 7) is 4.00. The molecule has 1 atom stereocenters. The summed E-state index contributed by atoms with van der Waals surface area (Å²) in [4.78, 5) is 20.2. The predicted molar refractivity (Wildman–Crippen MR) is 94.2 cm³/mol. The number of carbonyl (C=O) groups is 1. The summed E-state index contributed by atoms with van der Waals surface area (Å²) in [5.41, 5.74) is 13.6. The zero-order valence-electron chi connectivity index (χ0n) is 13.8. The van der Waals surface area contributed by atoms with E-state index in [1.165, 1.54) is 6.20 Å². The number of carbonyl (C=O) groups excluding carboxylic acids is 1. The topological polar surface area (TPSA) is 119 Å². The number of hydrogen-bond acceptors (Lipinski definition) is 6. The summed E-state index contributed by atoms with van der Waals surface area (Å²) in [5.74, 6) is 0.210. The van der Waals surface area contributed by atoms with Crippen molar-refractivity contribution in [3.63, 3.8) is 0 Å². The molecular weight excluding hydrogens is 304 g/mol. The number of aryl methyl sites for hydroxylation is 1. The summed E-state index contributed by atoms with van der Waals surface area (Å²) in [6.07, 6.45) is 3.39. The van der Waals surface area contributed by atoms with Crippen LogP contribution in [0.2, 0.25) is 0 Å². The lowest BCUT2D eigenvalue weighted by Gasteiger charge is -2.21. The van der Waals surface area contributed by atoms with Crippen molar-refractivity contribution in [3.05, 3.63) is 41.6 Å². The third kappa shape index (κ3) is 3.46. The van der Waals surface area contributed by atoms with Crippen molar-refractivity contribution in [1.82, 2.24) is 9.97 Å². The molecule has 1 fully saturated rings. The van der Waals surface area contributed by atoms with Gasteiger partial charge in [-0.3, -0.25) is 4.79 Å². The summed E-state index contributed by atoms with van der Waals surface area (Å²) in [5, 5.41) is 6.35. The Labute approximate surface area is 140 Å². The zero-order chi connectivity index (χ0) is 17.3. The third-order valence-electron chi connectivity index (χ3n) is 4.37. The number of anilines is 3. The Morgan fingerprint density at radius 1 is 1.38 bits per heavy atom. The molecule has 126 valence electrons. The van der Waals surface area contributed by atoms with Crippen molar-refractivity contribution < 1.29 is 4.79 Å². The second-order valence-electron chi connectivity index (χ2n) is 6.41. The van der Waals surface area contributed by atoms with Gasteiger partial charge in [0.15, 0.2) is 0 Å². The quantitative estimate of drug-likeness (QED) is 0.644. The van der Waals surface area contributed by atoms with E-state index in [-0.39, 0.29) is 17.1 Å². The van der Waals surface area contributed by atoms with E-state index in [4.69, 9.17) is 11.5 Å². The van der Waals surface area contributed by atoms with Gasteiger partial charge in [-0.05, 0) is 44.4 Å². The van der Waals surface area contributed by atoms with E-state index in [1.54, 1.807) is 0 Å². The van der Waals surface area contributed by atoms with Crippen LogP contribution >= 0.6 is 0 Å². The molecule has 0 unspecified atom stereocenters. The van der Waals surface area contributed by atoms with Gasteiger partial charge in [0.25, 0.3) is 5.91 Å². The molecule has 0 aliphatic heterocycles. The van der Waals surface area contributed by atoms with Gasteiger partial charge in [0.2, 0.25) is 5.95 Å². The van der Waals surface area contributed by atoms with Crippen LogP contribution in [-0.4, -0.2) is 27.5 Å². The smallest absolute Gasteiger partial charge is 0.254 e. The summed E-state index contributed by atoms with van der Waals surface area (Å²) in [7, 11) is 0. The number of benzene rings is 1. The van der Waals surface area contributed by atoms with Gasteiger partial charge >= 0.3 is 0 Å². The van der Waals surface area contributed by atoms with Crippen molar-refractivity contribution in [1.29, 1.82) is 0 Å². The molecular formula is C17H22N6O. The van der Waals surface area contributed by atoms with E-state index >= 15 is 0 Å². The fourth-order valence-electron chi connectivity index (χ4n) is 2.50. The van der Waals surface area contributed by atoms with Crippen LogP contribution in [0.3, 0.4) is 0 Å². The lowest BCUT2D eigenvalue weighted by atomic mass is 10.1. The average Bonchev–Trinajstić information content (AvgIpc) is 3.26. The maximum absolute atomic E-state index is 11.6. The lowest BCUT2D eigenvalue weighted by Crippen LogP contribution is -2.40. The van der Waals surface area contributed by atoms with Crippen LogP contribution in [0, 0.1) is 6.92 Å². The number of nitrogens with two attached hydrogens (primary N) is 2. The minimum atomic E-state index is -0.581. The SMILES string of the molecule is Cc1cccc(Nc2nc(N[C@H](C)C3(N)CC3)ncc2C(N)=O)c1. The standard InChI is InChI=1S/C17H22N6O/c1-10-4-3-5-12(8-10)22-15-13(14(18)24)9-20-16(23-15)21-11(2)17(19)6-7-17/h3-5,8-9,11H,6-7,19H2,1-2H3,(H2,18,24)(H2,20,21,22,23)/t11-/m1/s1. The second kappa shape index (κ2) is 6.09. The van der Waals surface area contributed by atoms with Crippen LogP contribution in [0.1, 0.15) is 35.7 Å². The minimum Gasteiger partial charge on any atom is -0.365 e. The molecule has 0 spiro atoms. The normalized spacial score (nSPS) is 16.3. The molecule has 1 saturated carbocycles. The van der Waals surface area contributed by atoms with Gasteiger partial charge in [-0.15, -0.1) is 0 Å². The highest BCUT2D eigenvalue weighted by Crippen LogP contribution is 2.36. The van der Waals surface area contributed by atoms with Crippen molar-refractivity contribution in [2.24, 2.45) is 11.5 Å². The Bertz CT molecular complexity index is 771. The first kappa shape index (κ1) is 16.2. The summed E-state index contributed by atoms with van der Waals surface area (Å²) >= 11 is 0. The van der Waals surface area contributed by atoms with E-state index < -0.39 is 5.91 Å². The number of nitrogens with one attached hydrogen (secondary N) is 2. The molecule has 1 aromatic heterocycles. The molecule has 1 aliphatic carbocycles. The highest BCUT2D eigenvalue weighted by Gasteiger charge is 2.43. The van der Waals surface area contributed by atoms with E-state index in [0.717, 1.165) is 24.1 Å². The zero-order valence-corrected chi connectivity index (χ0v) is 13.8. The Hall–Kier alpha value is -2.67. The highest BCUT2D eigenvalue weighted by atomic mass is 16.1.